The lowest BCUT2D eigenvalue weighted by molar-refractivity contribution is 0.0994. The Hall–Kier alpha value is -1.68. The molecule has 0 unspecified atom stereocenters. The Labute approximate surface area is 120 Å². The zero-order valence-electron chi connectivity index (χ0n) is 12.2. The molecule has 0 amide bonds. The van der Waals surface area contributed by atoms with Crippen LogP contribution >= 0.6 is 0 Å². The van der Waals surface area contributed by atoms with E-state index in [1.54, 1.807) is 12.1 Å². The minimum absolute atomic E-state index is 0.115. The van der Waals surface area contributed by atoms with Gasteiger partial charge in [0.05, 0.1) is 0 Å². The summed E-state index contributed by atoms with van der Waals surface area (Å²) in [6.07, 6.45) is 2.66. The lowest BCUT2D eigenvalue weighted by atomic mass is 9.95. The first-order chi connectivity index (χ1) is 9.55. The molecule has 1 aliphatic rings. The molecular weight excluding hydrogens is 268 g/mol. The quantitative estimate of drug-likeness (QED) is 0.769. The topological polar surface area (TPSA) is 43.4 Å². The van der Waals surface area contributed by atoms with Crippen molar-refractivity contribution in [2.24, 2.45) is 0 Å². The molecule has 0 saturated heterocycles. The molecule has 106 valence electrons. The molecule has 0 saturated carbocycles. The Bertz CT molecular complexity index is 563. The summed E-state index contributed by atoms with van der Waals surface area (Å²) in [5, 5.41) is 0. The highest BCUT2D eigenvalue weighted by Crippen LogP contribution is 2.28. The summed E-state index contributed by atoms with van der Waals surface area (Å²) >= 11 is 0. The summed E-state index contributed by atoms with van der Waals surface area (Å²) in [7, 11) is -1.76. The van der Waals surface area contributed by atoms with Crippen LogP contribution in [0.25, 0.3) is 0 Å². The molecule has 0 atom stereocenters. The van der Waals surface area contributed by atoms with E-state index in [0.29, 0.717) is 11.1 Å². The largest absolute Gasteiger partial charge is 0.543 e. The minimum Gasteiger partial charge on any atom is -0.543 e. The Morgan fingerprint density at radius 3 is 2.00 bits per heavy atom. The first kappa shape index (κ1) is 14.7. The van der Waals surface area contributed by atoms with Crippen molar-refractivity contribution in [3.05, 3.63) is 41.5 Å². The smallest absolute Gasteiger partial charge is 0.250 e. The summed E-state index contributed by atoms with van der Waals surface area (Å²) in [6.45, 7) is 6.49. The molecule has 0 bridgehead atoms. The van der Waals surface area contributed by atoms with Crippen LogP contribution in [0.4, 0.5) is 0 Å². The van der Waals surface area contributed by atoms with Crippen molar-refractivity contribution in [2.45, 2.75) is 38.9 Å². The van der Waals surface area contributed by atoms with Crippen molar-refractivity contribution >= 4 is 19.9 Å². The Kier molecular flexibility index (Phi) is 4.23. The number of fused-ring (bicyclic) bond motifs is 1. The summed E-state index contributed by atoms with van der Waals surface area (Å²) in [4.78, 5) is 23.6. The summed E-state index contributed by atoms with van der Waals surface area (Å²) in [6, 6.07) is 8.37. The average Bonchev–Trinajstić information content (AvgIpc) is 2.49. The van der Waals surface area contributed by atoms with Crippen molar-refractivity contribution in [1.29, 1.82) is 0 Å². The van der Waals surface area contributed by atoms with E-state index in [-0.39, 0.29) is 11.6 Å². The predicted molar refractivity (Wildman–Crippen MR) is 82.1 cm³/mol. The maximum atomic E-state index is 11.9. The molecule has 0 aromatic heterocycles. The van der Waals surface area contributed by atoms with Gasteiger partial charge in [-0.1, -0.05) is 20.8 Å². The molecule has 4 heteroatoms. The van der Waals surface area contributed by atoms with Crippen LogP contribution in [-0.2, 0) is 0 Å². The highest BCUT2D eigenvalue weighted by atomic mass is 28.4. The van der Waals surface area contributed by atoms with Gasteiger partial charge >= 0.3 is 0 Å². The molecule has 1 aromatic carbocycles. The van der Waals surface area contributed by atoms with Gasteiger partial charge in [0, 0.05) is 11.1 Å². The molecule has 0 N–H and O–H groups in total. The second kappa shape index (κ2) is 5.75. The first-order valence-corrected chi connectivity index (χ1v) is 9.68. The third kappa shape index (κ3) is 2.61. The number of hydrogen-bond acceptors (Lipinski definition) is 3. The van der Waals surface area contributed by atoms with E-state index in [1.165, 1.54) is 12.2 Å². The van der Waals surface area contributed by atoms with Crippen molar-refractivity contribution in [1.82, 2.24) is 0 Å². The Balaban J connectivity index is 2.35. The van der Waals surface area contributed by atoms with Crippen molar-refractivity contribution in [2.75, 3.05) is 0 Å². The molecule has 0 heterocycles. The first-order valence-electron chi connectivity index (χ1n) is 7.15. The zero-order chi connectivity index (χ0) is 14.8. The second-order valence-electron chi connectivity index (χ2n) is 5.11. The van der Waals surface area contributed by atoms with Crippen molar-refractivity contribution in [3.8, 4) is 5.75 Å². The molecule has 2 rings (SSSR count). The van der Waals surface area contributed by atoms with E-state index >= 15 is 0 Å². The second-order valence-corrected chi connectivity index (χ2v) is 9.81. The number of ketones is 2. The van der Waals surface area contributed by atoms with Crippen LogP contribution in [0.15, 0.2) is 30.4 Å². The van der Waals surface area contributed by atoms with Gasteiger partial charge in [0.25, 0.3) is 0 Å². The number of benzene rings is 1. The highest BCUT2D eigenvalue weighted by Gasteiger charge is 2.31. The van der Waals surface area contributed by atoms with Gasteiger partial charge in [-0.3, -0.25) is 9.59 Å². The molecule has 3 nitrogen and oxygen atoms in total. The molecule has 20 heavy (non-hydrogen) atoms. The SMILES string of the molecule is CC[Si](CC)(CC)Oc1ccc2c(c1)C(=O)C=CC2=O. The molecule has 1 aromatic rings. The lowest BCUT2D eigenvalue weighted by Gasteiger charge is -2.29. The highest BCUT2D eigenvalue weighted by molar-refractivity contribution is 6.74. The van der Waals surface area contributed by atoms with Crippen LogP contribution in [0, 0.1) is 0 Å². The van der Waals surface area contributed by atoms with Crippen LogP contribution in [0.5, 0.6) is 5.75 Å². The molecule has 1 aliphatic carbocycles. The molecule has 0 radical (unpaired) electrons. The van der Waals surface area contributed by atoms with Gasteiger partial charge in [-0.25, -0.2) is 0 Å². The van der Waals surface area contributed by atoms with Gasteiger partial charge in [0.2, 0.25) is 8.32 Å². The van der Waals surface area contributed by atoms with Gasteiger partial charge in [0.15, 0.2) is 11.6 Å². The molecule has 0 spiro atoms. The zero-order valence-corrected chi connectivity index (χ0v) is 13.2. The third-order valence-electron chi connectivity index (χ3n) is 4.18. The van der Waals surface area contributed by atoms with Gasteiger partial charge in [-0.2, -0.15) is 0 Å². The minimum atomic E-state index is -1.76. The fourth-order valence-corrected chi connectivity index (χ4v) is 5.11. The van der Waals surface area contributed by atoms with Crippen LogP contribution in [0.3, 0.4) is 0 Å². The monoisotopic (exact) mass is 288 g/mol. The molecule has 0 aliphatic heterocycles. The molecular formula is C16H20O3Si. The van der Waals surface area contributed by atoms with E-state index in [4.69, 9.17) is 4.43 Å². The summed E-state index contributed by atoms with van der Waals surface area (Å²) in [5.41, 5.74) is 0.933. The third-order valence-corrected chi connectivity index (χ3v) is 8.71. The van der Waals surface area contributed by atoms with Crippen LogP contribution < -0.4 is 4.43 Å². The van der Waals surface area contributed by atoms with Gasteiger partial charge in [-0.05, 0) is 48.5 Å². The maximum absolute atomic E-state index is 11.9. The number of carbonyl (C=O) groups excluding carboxylic acids is 2. The lowest BCUT2D eigenvalue weighted by Crippen LogP contribution is -2.39. The normalized spacial score (nSPS) is 14.3. The van der Waals surface area contributed by atoms with Crippen molar-refractivity contribution < 1.29 is 14.0 Å². The van der Waals surface area contributed by atoms with Gasteiger partial charge in [-0.15, -0.1) is 0 Å². The van der Waals surface area contributed by atoms with E-state index in [9.17, 15) is 9.59 Å². The summed E-state index contributed by atoms with van der Waals surface area (Å²) < 4.78 is 6.25. The van der Waals surface area contributed by atoms with Gasteiger partial charge < -0.3 is 4.43 Å². The predicted octanol–water partition coefficient (Wildman–Crippen LogP) is 4.01. The van der Waals surface area contributed by atoms with E-state index in [0.717, 1.165) is 23.9 Å². The van der Waals surface area contributed by atoms with Crippen molar-refractivity contribution in [3.63, 3.8) is 0 Å². The van der Waals surface area contributed by atoms with Gasteiger partial charge in [0.1, 0.15) is 5.75 Å². The fraction of sp³-hybridized carbons (Fsp3) is 0.375. The van der Waals surface area contributed by atoms with Crippen LogP contribution in [0.2, 0.25) is 18.1 Å². The number of hydrogen-bond donors (Lipinski definition) is 0. The fourth-order valence-electron chi connectivity index (χ4n) is 2.55. The van der Waals surface area contributed by atoms with E-state index in [2.05, 4.69) is 20.8 Å². The standard InChI is InChI=1S/C16H20O3Si/c1-4-20(5-2,6-3)19-12-7-8-13-14(11-12)16(18)10-9-15(13)17/h7-11H,4-6H2,1-3H3. The van der Waals surface area contributed by atoms with Crippen LogP contribution in [-0.4, -0.2) is 19.9 Å². The number of carbonyl (C=O) groups is 2. The summed E-state index contributed by atoms with van der Waals surface area (Å²) in [5.74, 6) is 0.482. The Morgan fingerprint density at radius 1 is 0.900 bits per heavy atom. The Morgan fingerprint density at radius 2 is 1.45 bits per heavy atom. The van der Waals surface area contributed by atoms with Crippen LogP contribution in [0.1, 0.15) is 41.5 Å². The number of rotatable bonds is 5. The van der Waals surface area contributed by atoms with E-state index in [1.807, 2.05) is 6.07 Å². The maximum Gasteiger partial charge on any atom is 0.250 e. The number of allylic oxidation sites excluding steroid dienone is 2. The molecule has 0 fully saturated rings. The van der Waals surface area contributed by atoms with E-state index < -0.39 is 8.32 Å². The average molecular weight is 288 g/mol.